The summed E-state index contributed by atoms with van der Waals surface area (Å²) in [6.45, 7) is 0.731. The predicted molar refractivity (Wildman–Crippen MR) is 96.8 cm³/mol. The Bertz CT molecular complexity index is 533. The van der Waals surface area contributed by atoms with Crippen LogP contribution in [0.2, 0.25) is 0 Å². The van der Waals surface area contributed by atoms with Gasteiger partial charge in [0.2, 0.25) is 5.91 Å². The molecule has 4 bridgehead atoms. The number of thiophene rings is 1. The molecule has 1 aromatic heterocycles. The lowest BCUT2D eigenvalue weighted by Gasteiger charge is -2.56. The first-order valence-corrected chi connectivity index (χ1v) is 10.4. The molecule has 24 heavy (non-hydrogen) atoms. The van der Waals surface area contributed by atoms with E-state index in [1.165, 1.54) is 43.4 Å². The lowest BCUT2D eigenvalue weighted by atomic mass is 9.49. The highest BCUT2D eigenvalue weighted by molar-refractivity contribution is 7.09. The molecule has 1 heterocycles. The molecule has 1 aromatic rings. The summed E-state index contributed by atoms with van der Waals surface area (Å²) in [6, 6.07) is 4.14. The summed E-state index contributed by atoms with van der Waals surface area (Å²) in [7, 11) is 0. The van der Waals surface area contributed by atoms with Crippen LogP contribution in [0.15, 0.2) is 17.5 Å². The summed E-state index contributed by atoms with van der Waals surface area (Å²) in [5.41, 5.74) is 0.307. The molecule has 132 valence electrons. The van der Waals surface area contributed by atoms with Crippen molar-refractivity contribution in [1.82, 2.24) is 5.32 Å². The topological polar surface area (TPSA) is 49.3 Å². The van der Waals surface area contributed by atoms with Gasteiger partial charge in [0.25, 0.3) is 0 Å². The van der Waals surface area contributed by atoms with Crippen LogP contribution in [0.3, 0.4) is 0 Å². The van der Waals surface area contributed by atoms with E-state index in [4.69, 9.17) is 0 Å². The lowest BCUT2D eigenvalue weighted by molar-refractivity contribution is -0.129. The van der Waals surface area contributed by atoms with Crippen LogP contribution in [0, 0.1) is 29.1 Å². The third kappa shape index (κ3) is 3.55. The normalized spacial score (nSPS) is 35.1. The smallest absolute Gasteiger partial charge is 0.220 e. The highest BCUT2D eigenvalue weighted by Crippen LogP contribution is 2.61. The molecule has 0 radical (unpaired) electrons. The molecule has 0 aromatic carbocycles. The third-order valence-electron chi connectivity index (χ3n) is 6.62. The van der Waals surface area contributed by atoms with Crippen molar-refractivity contribution in [2.45, 2.75) is 51.4 Å². The molecule has 2 N–H and O–H groups in total. The van der Waals surface area contributed by atoms with E-state index < -0.39 is 0 Å². The molecule has 4 saturated carbocycles. The van der Waals surface area contributed by atoms with Crippen LogP contribution < -0.4 is 5.32 Å². The summed E-state index contributed by atoms with van der Waals surface area (Å²) in [4.78, 5) is 13.8. The summed E-state index contributed by atoms with van der Waals surface area (Å²) >= 11 is 1.72. The van der Waals surface area contributed by atoms with E-state index in [1.807, 2.05) is 6.07 Å². The Morgan fingerprint density at radius 1 is 1.25 bits per heavy atom. The minimum absolute atomic E-state index is 0.129. The zero-order valence-corrected chi connectivity index (χ0v) is 15.2. The minimum Gasteiger partial charge on any atom is -0.396 e. The van der Waals surface area contributed by atoms with Crippen LogP contribution in [-0.4, -0.2) is 24.2 Å². The van der Waals surface area contributed by atoms with Crippen LogP contribution >= 0.6 is 11.3 Å². The molecule has 4 heteroatoms. The summed E-state index contributed by atoms with van der Waals surface area (Å²) in [5.74, 6) is 3.03. The van der Waals surface area contributed by atoms with Crippen LogP contribution in [0.25, 0.3) is 0 Å². The van der Waals surface area contributed by atoms with Crippen molar-refractivity contribution in [3.8, 4) is 0 Å². The van der Waals surface area contributed by atoms with Crippen molar-refractivity contribution < 1.29 is 9.90 Å². The van der Waals surface area contributed by atoms with Gasteiger partial charge in [-0.15, -0.1) is 11.3 Å². The second kappa shape index (κ2) is 6.80. The molecule has 0 unspecified atom stereocenters. The number of hydrogen-bond donors (Lipinski definition) is 2. The molecule has 1 atom stereocenters. The maximum Gasteiger partial charge on any atom is 0.220 e. The van der Waals surface area contributed by atoms with E-state index in [-0.39, 0.29) is 18.4 Å². The lowest BCUT2D eigenvalue weighted by Crippen LogP contribution is -2.48. The molecule has 0 spiro atoms. The quantitative estimate of drug-likeness (QED) is 0.791. The van der Waals surface area contributed by atoms with E-state index in [0.717, 1.165) is 24.2 Å². The van der Waals surface area contributed by atoms with E-state index >= 15 is 0 Å². The van der Waals surface area contributed by atoms with Crippen LogP contribution in [0.5, 0.6) is 0 Å². The first kappa shape index (κ1) is 16.6. The second-order valence-electron chi connectivity index (χ2n) is 8.73. The van der Waals surface area contributed by atoms with E-state index in [0.29, 0.717) is 18.4 Å². The molecule has 5 rings (SSSR count). The Morgan fingerprint density at radius 3 is 2.46 bits per heavy atom. The van der Waals surface area contributed by atoms with Gasteiger partial charge in [-0.3, -0.25) is 4.79 Å². The molecule has 3 nitrogen and oxygen atoms in total. The fourth-order valence-electron chi connectivity index (χ4n) is 6.08. The highest BCUT2D eigenvalue weighted by atomic mass is 32.1. The number of amides is 1. The summed E-state index contributed by atoms with van der Waals surface area (Å²) in [5, 5.41) is 14.8. The van der Waals surface area contributed by atoms with Crippen molar-refractivity contribution in [3.05, 3.63) is 22.4 Å². The van der Waals surface area contributed by atoms with Crippen molar-refractivity contribution in [3.63, 3.8) is 0 Å². The maximum atomic E-state index is 12.6. The van der Waals surface area contributed by atoms with Gasteiger partial charge in [-0.2, -0.15) is 0 Å². The Hall–Kier alpha value is -0.870. The zero-order valence-electron chi connectivity index (χ0n) is 14.4. The fraction of sp³-hybridized carbons (Fsp3) is 0.750. The Kier molecular flexibility index (Phi) is 4.70. The molecule has 4 fully saturated rings. The average Bonchev–Trinajstić information content (AvgIpc) is 3.02. The van der Waals surface area contributed by atoms with Crippen LogP contribution in [0.4, 0.5) is 0 Å². The van der Waals surface area contributed by atoms with Crippen LogP contribution in [-0.2, 0) is 11.2 Å². The Balaban J connectivity index is 1.29. The standard InChI is InChI=1S/C20H29NO2S/c22-13-17(7-18-2-1-3-24-18)12-21-19(23)11-20-8-14-4-15(9-20)6-16(5-14)10-20/h1-3,14-17,22H,4-13H2,(H,21,23)/t14?,15?,16?,17-,20?/m1/s1. The van der Waals surface area contributed by atoms with Gasteiger partial charge in [0.1, 0.15) is 0 Å². The van der Waals surface area contributed by atoms with Crippen molar-refractivity contribution >= 4 is 17.2 Å². The third-order valence-corrected chi connectivity index (χ3v) is 7.52. The first-order chi connectivity index (χ1) is 11.6. The fourth-order valence-corrected chi connectivity index (χ4v) is 6.90. The molecular weight excluding hydrogens is 318 g/mol. The molecule has 1 amide bonds. The van der Waals surface area contributed by atoms with Gasteiger partial charge in [-0.1, -0.05) is 6.07 Å². The number of rotatable bonds is 7. The largest absolute Gasteiger partial charge is 0.396 e. The number of aliphatic hydroxyl groups is 1. The van der Waals surface area contributed by atoms with Gasteiger partial charge in [0.15, 0.2) is 0 Å². The molecule has 0 saturated heterocycles. The molecule has 4 aliphatic carbocycles. The number of carbonyl (C=O) groups is 1. The number of aliphatic hydroxyl groups excluding tert-OH is 1. The predicted octanol–water partition coefficient (Wildman–Crippen LogP) is 3.62. The molecule has 0 aliphatic heterocycles. The van der Waals surface area contributed by atoms with Gasteiger partial charge < -0.3 is 10.4 Å². The van der Waals surface area contributed by atoms with Gasteiger partial charge in [-0.05, 0) is 79.6 Å². The number of carbonyl (C=O) groups excluding carboxylic acids is 1. The van der Waals surface area contributed by atoms with Crippen molar-refractivity contribution in [1.29, 1.82) is 0 Å². The highest BCUT2D eigenvalue weighted by Gasteiger charge is 2.51. The summed E-state index contributed by atoms with van der Waals surface area (Å²) < 4.78 is 0. The Morgan fingerprint density at radius 2 is 1.92 bits per heavy atom. The van der Waals surface area contributed by atoms with Crippen molar-refractivity contribution in [2.24, 2.45) is 29.1 Å². The van der Waals surface area contributed by atoms with Gasteiger partial charge >= 0.3 is 0 Å². The first-order valence-electron chi connectivity index (χ1n) is 9.54. The van der Waals surface area contributed by atoms with Crippen LogP contribution in [0.1, 0.15) is 49.8 Å². The molecule has 4 aliphatic rings. The number of hydrogen-bond acceptors (Lipinski definition) is 3. The SMILES string of the molecule is O=C(CC12CC3CC(CC(C3)C1)C2)NC[C@H](CO)Cc1cccs1. The van der Waals surface area contributed by atoms with Gasteiger partial charge in [0.05, 0.1) is 0 Å². The van der Waals surface area contributed by atoms with E-state index in [1.54, 1.807) is 11.3 Å². The van der Waals surface area contributed by atoms with E-state index in [2.05, 4.69) is 16.8 Å². The van der Waals surface area contributed by atoms with Crippen molar-refractivity contribution in [2.75, 3.05) is 13.2 Å². The van der Waals surface area contributed by atoms with E-state index in [9.17, 15) is 9.90 Å². The average molecular weight is 348 g/mol. The maximum absolute atomic E-state index is 12.6. The summed E-state index contributed by atoms with van der Waals surface area (Å²) in [6.07, 6.45) is 9.69. The minimum atomic E-state index is 0.129. The zero-order chi connectivity index (χ0) is 16.6. The Labute approximate surface area is 148 Å². The number of nitrogens with one attached hydrogen (secondary N) is 1. The monoisotopic (exact) mass is 347 g/mol. The van der Waals surface area contributed by atoms with Gasteiger partial charge in [-0.25, -0.2) is 0 Å². The second-order valence-corrected chi connectivity index (χ2v) is 9.76. The molecular formula is C20H29NO2S. The van der Waals surface area contributed by atoms with Gasteiger partial charge in [0, 0.05) is 30.4 Å².